The van der Waals surface area contributed by atoms with Gasteiger partial charge in [0.25, 0.3) is 0 Å². The number of carbonyl (C=O) groups excluding carboxylic acids is 2. The number of hydrogen-bond acceptors (Lipinski definition) is 5. The van der Waals surface area contributed by atoms with Gasteiger partial charge in [-0.1, -0.05) is 12.1 Å². The molecule has 120 valence electrons. The summed E-state index contributed by atoms with van der Waals surface area (Å²) >= 11 is 3.31. The van der Waals surface area contributed by atoms with E-state index in [1.165, 1.54) is 14.2 Å². The molecule has 0 aliphatic rings. The van der Waals surface area contributed by atoms with E-state index < -0.39 is 11.9 Å². The summed E-state index contributed by atoms with van der Waals surface area (Å²) in [6, 6.07) is 11.8. The first kappa shape index (κ1) is 17.0. The number of benzene rings is 2. The molecule has 0 aromatic heterocycles. The molecular weight excluding hydrogens is 364 g/mol. The van der Waals surface area contributed by atoms with E-state index in [0.717, 1.165) is 0 Å². The van der Waals surface area contributed by atoms with Crippen LogP contribution in [0.5, 0.6) is 5.75 Å². The number of methoxy groups -OCH3 is 2. The Hall–Kier alpha value is -2.34. The molecule has 0 fully saturated rings. The zero-order valence-corrected chi connectivity index (χ0v) is 14.3. The van der Waals surface area contributed by atoms with Crippen molar-refractivity contribution < 1.29 is 23.8 Å². The third-order valence-electron chi connectivity index (χ3n) is 3.11. The smallest absolute Gasteiger partial charge is 0.339 e. The fraction of sp³-hybridized carbons (Fsp3) is 0.176. The van der Waals surface area contributed by atoms with E-state index in [-0.39, 0.29) is 6.61 Å². The summed E-state index contributed by atoms with van der Waals surface area (Å²) in [7, 11) is 2.84. The SMILES string of the molecule is COC(=O)c1cccc(COC(=O)c2cc(OC)ccc2Br)c1. The monoisotopic (exact) mass is 378 g/mol. The highest BCUT2D eigenvalue weighted by Crippen LogP contribution is 2.23. The maximum absolute atomic E-state index is 12.2. The van der Waals surface area contributed by atoms with Crippen LogP contribution >= 0.6 is 15.9 Å². The largest absolute Gasteiger partial charge is 0.497 e. The van der Waals surface area contributed by atoms with Crippen molar-refractivity contribution in [1.82, 2.24) is 0 Å². The van der Waals surface area contributed by atoms with Gasteiger partial charge in [0.2, 0.25) is 0 Å². The summed E-state index contributed by atoms with van der Waals surface area (Å²) in [4.78, 5) is 23.7. The van der Waals surface area contributed by atoms with Crippen LogP contribution in [-0.2, 0) is 16.1 Å². The highest BCUT2D eigenvalue weighted by Gasteiger charge is 2.13. The highest BCUT2D eigenvalue weighted by molar-refractivity contribution is 9.10. The number of carbonyl (C=O) groups is 2. The van der Waals surface area contributed by atoms with Crippen molar-refractivity contribution in [1.29, 1.82) is 0 Å². The molecule has 0 radical (unpaired) electrons. The van der Waals surface area contributed by atoms with Gasteiger partial charge in [0.15, 0.2) is 0 Å². The zero-order valence-electron chi connectivity index (χ0n) is 12.7. The Balaban J connectivity index is 2.09. The standard InChI is InChI=1S/C17H15BrO5/c1-21-13-6-7-15(18)14(9-13)17(20)23-10-11-4-3-5-12(8-11)16(19)22-2/h3-9H,10H2,1-2H3. The molecule has 0 atom stereocenters. The van der Waals surface area contributed by atoms with Crippen molar-refractivity contribution >= 4 is 27.9 Å². The summed E-state index contributed by atoms with van der Waals surface area (Å²) in [5.41, 5.74) is 1.47. The molecule has 2 aromatic carbocycles. The second-order valence-corrected chi connectivity index (χ2v) is 5.47. The first-order valence-corrected chi connectivity index (χ1v) is 7.52. The first-order valence-electron chi connectivity index (χ1n) is 6.73. The van der Waals surface area contributed by atoms with E-state index in [9.17, 15) is 9.59 Å². The van der Waals surface area contributed by atoms with Gasteiger partial charge in [-0.2, -0.15) is 0 Å². The predicted molar refractivity (Wildman–Crippen MR) is 87.6 cm³/mol. The van der Waals surface area contributed by atoms with E-state index in [4.69, 9.17) is 9.47 Å². The molecule has 0 unspecified atom stereocenters. The average molecular weight is 379 g/mol. The lowest BCUT2D eigenvalue weighted by molar-refractivity contribution is 0.0471. The average Bonchev–Trinajstić information content (AvgIpc) is 2.59. The van der Waals surface area contributed by atoms with Crippen molar-refractivity contribution in [3.8, 4) is 5.75 Å². The minimum atomic E-state index is -0.487. The van der Waals surface area contributed by atoms with Crippen LogP contribution in [-0.4, -0.2) is 26.2 Å². The van der Waals surface area contributed by atoms with Crippen LogP contribution in [0.3, 0.4) is 0 Å². The molecule has 0 amide bonds. The van der Waals surface area contributed by atoms with Gasteiger partial charge in [0, 0.05) is 4.47 Å². The molecule has 2 aromatic rings. The van der Waals surface area contributed by atoms with E-state index in [2.05, 4.69) is 20.7 Å². The summed E-state index contributed by atoms with van der Waals surface area (Å²) in [6.45, 7) is 0.0489. The number of hydrogen-bond donors (Lipinski definition) is 0. The zero-order chi connectivity index (χ0) is 16.8. The van der Waals surface area contributed by atoms with Gasteiger partial charge in [-0.05, 0) is 51.8 Å². The minimum absolute atomic E-state index is 0.0489. The maximum atomic E-state index is 12.2. The van der Waals surface area contributed by atoms with Crippen molar-refractivity contribution in [2.24, 2.45) is 0 Å². The third kappa shape index (κ3) is 4.32. The molecular formula is C17H15BrO5. The molecule has 0 saturated heterocycles. The summed E-state index contributed by atoms with van der Waals surface area (Å²) in [5, 5.41) is 0. The van der Waals surface area contributed by atoms with Gasteiger partial charge in [-0.3, -0.25) is 0 Å². The van der Waals surface area contributed by atoms with Crippen LogP contribution in [0.4, 0.5) is 0 Å². The van der Waals surface area contributed by atoms with Gasteiger partial charge in [-0.25, -0.2) is 9.59 Å². The summed E-state index contributed by atoms with van der Waals surface area (Å²) in [6.07, 6.45) is 0. The fourth-order valence-corrected chi connectivity index (χ4v) is 2.33. The molecule has 0 aliphatic carbocycles. The number of rotatable bonds is 5. The molecule has 6 heteroatoms. The van der Waals surface area contributed by atoms with Crippen LogP contribution in [0.1, 0.15) is 26.3 Å². The molecule has 0 saturated carbocycles. The van der Waals surface area contributed by atoms with Crippen LogP contribution in [0.2, 0.25) is 0 Å². The normalized spacial score (nSPS) is 10.0. The van der Waals surface area contributed by atoms with Crippen molar-refractivity contribution in [2.45, 2.75) is 6.61 Å². The van der Waals surface area contributed by atoms with E-state index >= 15 is 0 Å². The maximum Gasteiger partial charge on any atom is 0.339 e. The molecule has 0 aliphatic heterocycles. The molecule has 2 rings (SSSR count). The Morgan fingerprint density at radius 2 is 1.83 bits per heavy atom. The number of esters is 2. The van der Waals surface area contributed by atoms with Gasteiger partial charge in [-0.15, -0.1) is 0 Å². The Morgan fingerprint density at radius 1 is 1.04 bits per heavy atom. The molecule has 0 bridgehead atoms. The number of ether oxygens (including phenoxy) is 3. The molecule has 0 N–H and O–H groups in total. The van der Waals surface area contributed by atoms with Gasteiger partial charge < -0.3 is 14.2 Å². The molecule has 0 heterocycles. The van der Waals surface area contributed by atoms with Crippen LogP contribution in [0.25, 0.3) is 0 Å². The third-order valence-corrected chi connectivity index (χ3v) is 3.80. The highest BCUT2D eigenvalue weighted by atomic mass is 79.9. The van der Waals surface area contributed by atoms with Crippen molar-refractivity contribution in [2.75, 3.05) is 14.2 Å². The van der Waals surface area contributed by atoms with E-state index in [0.29, 0.717) is 26.9 Å². The van der Waals surface area contributed by atoms with Crippen molar-refractivity contribution in [3.05, 3.63) is 63.6 Å². The lowest BCUT2D eigenvalue weighted by atomic mass is 10.1. The second kappa shape index (κ2) is 7.78. The van der Waals surface area contributed by atoms with Crippen LogP contribution in [0.15, 0.2) is 46.9 Å². The molecule has 0 spiro atoms. The summed E-state index contributed by atoms with van der Waals surface area (Å²) < 4.78 is 15.7. The Morgan fingerprint density at radius 3 is 2.52 bits per heavy atom. The summed E-state index contributed by atoms with van der Waals surface area (Å²) in [5.74, 6) is -0.360. The fourth-order valence-electron chi connectivity index (χ4n) is 1.92. The second-order valence-electron chi connectivity index (χ2n) is 4.61. The van der Waals surface area contributed by atoms with E-state index in [1.54, 1.807) is 42.5 Å². The lowest BCUT2D eigenvalue weighted by Crippen LogP contribution is -2.07. The quantitative estimate of drug-likeness (QED) is 0.743. The number of halogens is 1. The molecule has 5 nitrogen and oxygen atoms in total. The molecule has 23 heavy (non-hydrogen) atoms. The first-order chi connectivity index (χ1) is 11.0. The Bertz CT molecular complexity index is 727. The van der Waals surface area contributed by atoms with Gasteiger partial charge in [0.05, 0.1) is 25.3 Å². The van der Waals surface area contributed by atoms with Gasteiger partial charge in [0.1, 0.15) is 12.4 Å². The lowest BCUT2D eigenvalue weighted by Gasteiger charge is -2.09. The van der Waals surface area contributed by atoms with E-state index in [1.807, 2.05) is 0 Å². The van der Waals surface area contributed by atoms with Gasteiger partial charge >= 0.3 is 11.9 Å². The Labute approximate surface area is 142 Å². The minimum Gasteiger partial charge on any atom is -0.497 e. The van der Waals surface area contributed by atoms with Crippen LogP contribution in [0, 0.1) is 0 Å². The predicted octanol–water partition coefficient (Wildman–Crippen LogP) is 3.60. The van der Waals surface area contributed by atoms with Crippen LogP contribution < -0.4 is 4.74 Å². The Kier molecular flexibility index (Phi) is 5.76. The topological polar surface area (TPSA) is 61.8 Å². The van der Waals surface area contributed by atoms with Crippen molar-refractivity contribution in [3.63, 3.8) is 0 Å².